The Morgan fingerprint density at radius 3 is 1.21 bits per heavy atom. The fraction of sp³-hybridized carbons (Fsp3) is 0.925. The van der Waals surface area contributed by atoms with Crippen LogP contribution in [0.5, 0.6) is 0 Å². The van der Waals surface area contributed by atoms with E-state index in [9.17, 15) is 14.4 Å². The van der Waals surface area contributed by atoms with Crippen LogP contribution in [0.15, 0.2) is 0 Å². The van der Waals surface area contributed by atoms with Crippen molar-refractivity contribution in [3.8, 4) is 0 Å². The topological polar surface area (TPSA) is 90.9 Å². The Bertz CT molecular complexity index is 735. The van der Waals surface area contributed by atoms with Gasteiger partial charge in [0.2, 0.25) is 0 Å². The Labute approximate surface area is 290 Å². The van der Waals surface area contributed by atoms with Crippen molar-refractivity contribution in [2.75, 3.05) is 13.2 Å². The van der Waals surface area contributed by atoms with Gasteiger partial charge in [-0.1, -0.05) is 168 Å². The van der Waals surface area contributed by atoms with Gasteiger partial charge in [0.05, 0.1) is 6.54 Å². The van der Waals surface area contributed by atoms with E-state index in [1.54, 1.807) is 20.8 Å². The van der Waals surface area contributed by atoms with Crippen LogP contribution in [0.1, 0.15) is 214 Å². The van der Waals surface area contributed by atoms with Crippen molar-refractivity contribution >= 4 is 18.0 Å². The van der Waals surface area contributed by atoms with E-state index in [4.69, 9.17) is 14.2 Å². The van der Waals surface area contributed by atoms with Crippen LogP contribution >= 0.6 is 0 Å². The first-order chi connectivity index (χ1) is 22.7. The van der Waals surface area contributed by atoms with Crippen molar-refractivity contribution < 1.29 is 28.6 Å². The molecule has 0 rings (SSSR count). The molecule has 1 atom stereocenters. The van der Waals surface area contributed by atoms with Gasteiger partial charge in [-0.25, -0.2) is 4.79 Å². The first-order valence-corrected chi connectivity index (χ1v) is 20.0. The van der Waals surface area contributed by atoms with E-state index in [2.05, 4.69) is 19.2 Å². The Morgan fingerprint density at radius 2 is 0.851 bits per heavy atom. The third-order valence-corrected chi connectivity index (χ3v) is 8.57. The molecule has 47 heavy (non-hydrogen) atoms. The molecule has 0 aliphatic heterocycles. The van der Waals surface area contributed by atoms with Gasteiger partial charge < -0.3 is 19.5 Å². The minimum Gasteiger partial charge on any atom is -0.462 e. The summed E-state index contributed by atoms with van der Waals surface area (Å²) in [5.74, 6) is -0.612. The second-order valence-electron chi connectivity index (χ2n) is 14.7. The summed E-state index contributed by atoms with van der Waals surface area (Å²) in [6, 6.07) is 0. The molecule has 0 saturated heterocycles. The van der Waals surface area contributed by atoms with Gasteiger partial charge in [-0.2, -0.15) is 0 Å². The van der Waals surface area contributed by atoms with Crippen LogP contribution in [-0.4, -0.2) is 42.9 Å². The number of hydrogen-bond acceptors (Lipinski definition) is 6. The van der Waals surface area contributed by atoms with E-state index in [1.807, 2.05) is 0 Å². The summed E-state index contributed by atoms with van der Waals surface area (Å²) in [4.78, 5) is 37.1. The predicted molar refractivity (Wildman–Crippen MR) is 196 cm³/mol. The number of ether oxygens (including phenoxy) is 3. The van der Waals surface area contributed by atoms with Crippen molar-refractivity contribution in [3.05, 3.63) is 0 Å². The third-order valence-electron chi connectivity index (χ3n) is 8.57. The number of hydrogen-bond donors (Lipinski definition) is 1. The average molecular weight is 668 g/mol. The Balaban J connectivity index is 4.16. The van der Waals surface area contributed by atoms with Crippen LogP contribution in [0.25, 0.3) is 0 Å². The molecule has 0 unspecified atom stereocenters. The number of nitrogens with one attached hydrogen (secondary N) is 1. The predicted octanol–water partition coefficient (Wildman–Crippen LogP) is 11.9. The molecule has 0 aromatic carbocycles. The number of unbranched alkanes of at least 4 members (excludes halogenated alkanes) is 24. The van der Waals surface area contributed by atoms with Crippen molar-refractivity contribution in [3.63, 3.8) is 0 Å². The SMILES string of the molecule is CCCCCCCCCCCCCCCC(=O)OC[C@H](CNC(=O)OC(C)(C)C)OC(=O)CCCCCCCCCCCCCCC. The lowest BCUT2D eigenvalue weighted by Gasteiger charge is -2.22. The average Bonchev–Trinajstić information content (AvgIpc) is 3.02. The highest BCUT2D eigenvalue weighted by atomic mass is 16.6. The van der Waals surface area contributed by atoms with Gasteiger partial charge in [0.1, 0.15) is 12.2 Å². The lowest BCUT2D eigenvalue weighted by Crippen LogP contribution is -2.40. The summed E-state index contributed by atoms with van der Waals surface area (Å²) in [6.07, 6.45) is 31.8. The minimum atomic E-state index is -0.743. The first kappa shape index (κ1) is 45.2. The standard InChI is InChI=1S/C40H77NO6/c1-6-8-10-12-14-16-18-20-22-24-26-28-30-32-37(42)45-35-36(34-41-39(44)47-40(3,4)5)46-38(43)33-31-29-27-25-23-21-19-17-15-13-11-9-7-2/h36H,6-35H2,1-5H3,(H,41,44)/t36-/m0/s1. The molecule has 0 heterocycles. The molecule has 0 aliphatic rings. The highest BCUT2D eigenvalue weighted by molar-refractivity contribution is 5.71. The molecule has 0 aliphatic carbocycles. The fourth-order valence-corrected chi connectivity index (χ4v) is 5.72. The zero-order valence-corrected chi connectivity index (χ0v) is 31.7. The number of carbonyl (C=O) groups excluding carboxylic acids is 3. The van der Waals surface area contributed by atoms with Crippen LogP contribution < -0.4 is 5.32 Å². The Morgan fingerprint density at radius 1 is 0.511 bits per heavy atom. The van der Waals surface area contributed by atoms with Gasteiger partial charge in [0, 0.05) is 12.8 Å². The fourth-order valence-electron chi connectivity index (χ4n) is 5.72. The summed E-state index contributed by atoms with van der Waals surface area (Å²) in [5, 5.41) is 2.65. The molecule has 0 radical (unpaired) electrons. The first-order valence-electron chi connectivity index (χ1n) is 20.0. The highest BCUT2D eigenvalue weighted by Gasteiger charge is 2.21. The van der Waals surface area contributed by atoms with E-state index in [0.717, 1.165) is 38.5 Å². The van der Waals surface area contributed by atoms with E-state index in [-0.39, 0.29) is 25.1 Å². The van der Waals surface area contributed by atoms with Crippen molar-refractivity contribution in [1.29, 1.82) is 0 Å². The zero-order chi connectivity index (χ0) is 34.9. The molecular formula is C40H77NO6. The van der Waals surface area contributed by atoms with Gasteiger partial charge >= 0.3 is 18.0 Å². The van der Waals surface area contributed by atoms with Crippen LogP contribution in [0.4, 0.5) is 4.79 Å². The van der Waals surface area contributed by atoms with Crippen molar-refractivity contribution in [1.82, 2.24) is 5.32 Å². The molecule has 0 spiro atoms. The molecule has 7 nitrogen and oxygen atoms in total. The minimum absolute atomic E-state index is 0.0330. The third kappa shape index (κ3) is 35.3. The smallest absolute Gasteiger partial charge is 0.407 e. The molecule has 0 aromatic heterocycles. The van der Waals surface area contributed by atoms with Crippen LogP contribution in [-0.2, 0) is 23.8 Å². The molecule has 0 saturated carbocycles. The molecule has 0 bridgehead atoms. The van der Waals surface area contributed by atoms with Crippen LogP contribution in [0, 0.1) is 0 Å². The van der Waals surface area contributed by atoms with E-state index < -0.39 is 17.8 Å². The number of rotatable bonds is 33. The van der Waals surface area contributed by atoms with Gasteiger partial charge in [-0.3, -0.25) is 9.59 Å². The Kier molecular flexibility index (Phi) is 31.5. The molecular weight excluding hydrogens is 590 g/mol. The van der Waals surface area contributed by atoms with E-state index >= 15 is 0 Å². The molecule has 1 amide bonds. The molecule has 7 heteroatoms. The van der Waals surface area contributed by atoms with E-state index in [0.29, 0.717) is 12.8 Å². The van der Waals surface area contributed by atoms with Crippen molar-refractivity contribution in [2.45, 2.75) is 226 Å². The van der Waals surface area contributed by atoms with E-state index in [1.165, 1.54) is 128 Å². The number of esters is 2. The van der Waals surface area contributed by atoms with Gasteiger partial charge in [0.25, 0.3) is 0 Å². The number of alkyl carbamates (subject to hydrolysis) is 1. The summed E-state index contributed by atoms with van der Waals surface area (Å²) < 4.78 is 16.4. The molecule has 278 valence electrons. The quantitative estimate of drug-likeness (QED) is 0.0425. The molecule has 1 N–H and O–H groups in total. The van der Waals surface area contributed by atoms with Crippen molar-refractivity contribution in [2.24, 2.45) is 0 Å². The highest BCUT2D eigenvalue weighted by Crippen LogP contribution is 2.15. The van der Waals surface area contributed by atoms with Crippen LogP contribution in [0.2, 0.25) is 0 Å². The summed E-state index contributed by atoms with van der Waals surface area (Å²) in [6.45, 7) is 9.85. The lowest BCUT2D eigenvalue weighted by atomic mass is 10.0. The molecule has 0 fully saturated rings. The van der Waals surface area contributed by atoms with Gasteiger partial charge in [-0.15, -0.1) is 0 Å². The maximum Gasteiger partial charge on any atom is 0.407 e. The van der Waals surface area contributed by atoms with Gasteiger partial charge in [-0.05, 0) is 33.6 Å². The monoisotopic (exact) mass is 668 g/mol. The lowest BCUT2D eigenvalue weighted by molar-refractivity contribution is -0.159. The number of carbonyl (C=O) groups is 3. The maximum atomic E-state index is 12.6. The normalized spacial score (nSPS) is 12.1. The number of amides is 1. The maximum absolute atomic E-state index is 12.6. The van der Waals surface area contributed by atoms with Crippen LogP contribution in [0.3, 0.4) is 0 Å². The molecule has 0 aromatic rings. The zero-order valence-electron chi connectivity index (χ0n) is 31.7. The van der Waals surface area contributed by atoms with Gasteiger partial charge in [0.15, 0.2) is 6.10 Å². The summed E-state index contributed by atoms with van der Waals surface area (Å²) in [5.41, 5.74) is -0.634. The summed E-state index contributed by atoms with van der Waals surface area (Å²) >= 11 is 0. The second kappa shape index (κ2) is 32.7. The summed E-state index contributed by atoms with van der Waals surface area (Å²) in [7, 11) is 0. The largest absolute Gasteiger partial charge is 0.462 e. The second-order valence-corrected chi connectivity index (χ2v) is 14.7. The Hall–Kier alpha value is -1.79.